The van der Waals surface area contributed by atoms with E-state index in [1.165, 1.54) is 17.8 Å². The topological polar surface area (TPSA) is 46.9 Å². The molecule has 15 heavy (non-hydrogen) atoms. The number of rotatable bonds is 3. The van der Waals surface area contributed by atoms with Gasteiger partial charge in [0.2, 0.25) is 5.91 Å². The summed E-state index contributed by atoms with van der Waals surface area (Å²) in [7, 11) is 1.67. The highest BCUT2D eigenvalue weighted by atomic mass is 19.3. The minimum Gasteiger partial charge on any atom is -0.323 e. The summed E-state index contributed by atoms with van der Waals surface area (Å²) in [5, 5.41) is 6.17. The zero-order chi connectivity index (χ0) is 11.6. The number of nitrogens with one attached hydrogen (secondary N) is 1. The molecule has 1 atom stereocenters. The van der Waals surface area contributed by atoms with Crippen molar-refractivity contribution in [2.75, 3.05) is 5.32 Å². The maximum Gasteiger partial charge on any atom is 0.256 e. The van der Waals surface area contributed by atoms with Crippen LogP contribution in [-0.4, -0.2) is 21.6 Å². The van der Waals surface area contributed by atoms with Gasteiger partial charge in [-0.25, -0.2) is 8.78 Å². The van der Waals surface area contributed by atoms with Crippen molar-refractivity contribution in [3.63, 3.8) is 0 Å². The molecule has 0 saturated heterocycles. The van der Waals surface area contributed by atoms with Crippen molar-refractivity contribution in [1.82, 2.24) is 9.78 Å². The van der Waals surface area contributed by atoms with Crippen LogP contribution in [0.4, 0.5) is 14.5 Å². The van der Waals surface area contributed by atoms with E-state index in [9.17, 15) is 13.6 Å². The summed E-state index contributed by atoms with van der Waals surface area (Å²) in [6, 6.07) is 0. The first-order valence-corrected chi connectivity index (χ1v) is 4.48. The molecule has 1 N–H and O–H groups in total. The first kappa shape index (κ1) is 11.6. The largest absolute Gasteiger partial charge is 0.323 e. The van der Waals surface area contributed by atoms with Gasteiger partial charge in [0.1, 0.15) is 0 Å². The standard InChI is InChI=1S/C9H13F2N3O/c1-6(9(2,10)11)8(15)13-7-4-12-14(3)5-7/h4-6H,1-3H3,(H,13,15). The van der Waals surface area contributed by atoms with Crippen molar-refractivity contribution in [2.24, 2.45) is 13.0 Å². The van der Waals surface area contributed by atoms with E-state index >= 15 is 0 Å². The fourth-order valence-electron chi connectivity index (χ4n) is 0.966. The third-order valence-electron chi connectivity index (χ3n) is 2.13. The molecule has 0 aliphatic heterocycles. The molecule has 4 nitrogen and oxygen atoms in total. The Bertz CT molecular complexity index is 356. The average molecular weight is 217 g/mol. The summed E-state index contributed by atoms with van der Waals surface area (Å²) in [6.07, 6.45) is 2.94. The highest BCUT2D eigenvalue weighted by molar-refractivity contribution is 5.92. The molecule has 0 fully saturated rings. The molecule has 1 unspecified atom stereocenters. The number of anilines is 1. The molecule has 0 aliphatic carbocycles. The molecular weight excluding hydrogens is 204 g/mol. The number of aromatic nitrogens is 2. The zero-order valence-electron chi connectivity index (χ0n) is 8.79. The van der Waals surface area contributed by atoms with Gasteiger partial charge in [0, 0.05) is 20.2 Å². The van der Waals surface area contributed by atoms with E-state index in [2.05, 4.69) is 10.4 Å². The van der Waals surface area contributed by atoms with E-state index in [-0.39, 0.29) is 0 Å². The molecule has 0 aliphatic rings. The number of hydrogen-bond acceptors (Lipinski definition) is 2. The van der Waals surface area contributed by atoms with E-state index in [0.717, 1.165) is 6.92 Å². The Labute approximate surface area is 86.3 Å². The summed E-state index contributed by atoms with van der Waals surface area (Å²) in [5.74, 6) is -5.10. The second kappa shape index (κ2) is 3.96. The first-order chi connectivity index (χ1) is 6.80. The maximum atomic E-state index is 12.8. The van der Waals surface area contributed by atoms with Crippen LogP contribution in [0.15, 0.2) is 12.4 Å². The van der Waals surface area contributed by atoms with Crippen LogP contribution in [0.25, 0.3) is 0 Å². The van der Waals surface area contributed by atoms with Crippen molar-refractivity contribution < 1.29 is 13.6 Å². The second-order valence-corrected chi connectivity index (χ2v) is 3.57. The maximum absolute atomic E-state index is 12.8. The highest BCUT2D eigenvalue weighted by Crippen LogP contribution is 2.24. The van der Waals surface area contributed by atoms with Gasteiger partial charge in [-0.15, -0.1) is 0 Å². The molecule has 0 spiro atoms. The van der Waals surface area contributed by atoms with Gasteiger partial charge >= 0.3 is 0 Å². The minimum absolute atomic E-state index is 0.415. The van der Waals surface area contributed by atoms with Gasteiger partial charge in [-0.3, -0.25) is 9.48 Å². The molecule has 1 rings (SSSR count). The molecule has 0 radical (unpaired) electrons. The van der Waals surface area contributed by atoms with Gasteiger partial charge < -0.3 is 5.32 Å². The number of amides is 1. The lowest BCUT2D eigenvalue weighted by molar-refractivity contribution is -0.130. The van der Waals surface area contributed by atoms with Gasteiger partial charge in [0.05, 0.1) is 17.8 Å². The monoisotopic (exact) mass is 217 g/mol. The number of halogens is 2. The minimum atomic E-state index is -3.02. The van der Waals surface area contributed by atoms with Crippen LogP contribution in [0.3, 0.4) is 0 Å². The molecule has 0 bridgehead atoms. The van der Waals surface area contributed by atoms with Gasteiger partial charge in [0.25, 0.3) is 5.92 Å². The van der Waals surface area contributed by atoms with Gasteiger partial charge in [-0.05, 0) is 6.92 Å². The summed E-state index contributed by atoms with van der Waals surface area (Å²) in [5.41, 5.74) is 0.415. The summed E-state index contributed by atoms with van der Waals surface area (Å²) in [6.45, 7) is 1.91. The fourth-order valence-corrected chi connectivity index (χ4v) is 0.966. The van der Waals surface area contributed by atoms with Crippen LogP contribution < -0.4 is 5.32 Å². The van der Waals surface area contributed by atoms with Crippen LogP contribution in [0.1, 0.15) is 13.8 Å². The number of nitrogens with zero attached hydrogens (tertiary/aromatic N) is 2. The lowest BCUT2D eigenvalue weighted by Crippen LogP contribution is -2.33. The predicted molar refractivity (Wildman–Crippen MR) is 51.6 cm³/mol. The first-order valence-electron chi connectivity index (χ1n) is 4.48. The van der Waals surface area contributed by atoms with Crippen LogP contribution >= 0.6 is 0 Å². The van der Waals surface area contributed by atoms with E-state index in [1.807, 2.05) is 0 Å². The van der Waals surface area contributed by atoms with Crippen molar-refractivity contribution in [3.05, 3.63) is 12.4 Å². The Hall–Kier alpha value is -1.46. The van der Waals surface area contributed by atoms with Crippen molar-refractivity contribution in [2.45, 2.75) is 19.8 Å². The van der Waals surface area contributed by atoms with Gasteiger partial charge in [-0.1, -0.05) is 0 Å². The van der Waals surface area contributed by atoms with Crippen LogP contribution in [0, 0.1) is 5.92 Å². The van der Waals surface area contributed by atoms with E-state index in [0.29, 0.717) is 5.69 Å². The Morgan fingerprint density at radius 3 is 2.67 bits per heavy atom. The number of carbonyl (C=O) groups is 1. The zero-order valence-corrected chi connectivity index (χ0v) is 8.79. The lowest BCUT2D eigenvalue weighted by atomic mass is 10.0. The van der Waals surface area contributed by atoms with Crippen molar-refractivity contribution in [3.8, 4) is 0 Å². The molecule has 1 aromatic heterocycles. The van der Waals surface area contributed by atoms with Crippen LogP contribution in [0.2, 0.25) is 0 Å². The fraction of sp³-hybridized carbons (Fsp3) is 0.556. The summed E-state index contributed by atoms with van der Waals surface area (Å²) < 4.78 is 27.1. The Morgan fingerprint density at radius 1 is 1.67 bits per heavy atom. The third kappa shape index (κ3) is 3.00. The molecule has 1 amide bonds. The quantitative estimate of drug-likeness (QED) is 0.836. The van der Waals surface area contributed by atoms with E-state index in [1.54, 1.807) is 13.2 Å². The van der Waals surface area contributed by atoms with E-state index in [4.69, 9.17) is 0 Å². The van der Waals surface area contributed by atoms with Crippen LogP contribution in [0.5, 0.6) is 0 Å². The van der Waals surface area contributed by atoms with Gasteiger partial charge in [-0.2, -0.15) is 5.10 Å². The molecule has 1 aromatic rings. The number of hydrogen-bond donors (Lipinski definition) is 1. The molecule has 6 heteroatoms. The number of carbonyl (C=O) groups excluding carboxylic acids is 1. The molecule has 84 valence electrons. The average Bonchev–Trinajstić information content (AvgIpc) is 2.48. The Kier molecular flexibility index (Phi) is 3.06. The molecular formula is C9H13F2N3O. The Morgan fingerprint density at radius 2 is 2.27 bits per heavy atom. The normalized spacial score (nSPS) is 13.7. The highest BCUT2D eigenvalue weighted by Gasteiger charge is 2.35. The Balaban J connectivity index is 2.64. The second-order valence-electron chi connectivity index (χ2n) is 3.57. The molecule has 1 heterocycles. The van der Waals surface area contributed by atoms with Crippen LogP contribution in [-0.2, 0) is 11.8 Å². The van der Waals surface area contributed by atoms with Gasteiger partial charge in [0.15, 0.2) is 0 Å². The lowest BCUT2D eigenvalue weighted by Gasteiger charge is -2.17. The third-order valence-corrected chi connectivity index (χ3v) is 2.13. The number of alkyl halides is 2. The summed E-state index contributed by atoms with van der Waals surface area (Å²) >= 11 is 0. The number of aryl methyl sites for hydroxylation is 1. The SMILES string of the molecule is CC(C(=O)Nc1cnn(C)c1)C(C)(F)F. The summed E-state index contributed by atoms with van der Waals surface area (Å²) in [4.78, 5) is 11.3. The van der Waals surface area contributed by atoms with Crippen molar-refractivity contribution >= 4 is 11.6 Å². The molecule has 0 saturated carbocycles. The van der Waals surface area contributed by atoms with Crippen molar-refractivity contribution in [1.29, 1.82) is 0 Å². The smallest absolute Gasteiger partial charge is 0.256 e. The predicted octanol–water partition coefficient (Wildman–Crippen LogP) is 1.65. The molecule has 0 aromatic carbocycles. The van der Waals surface area contributed by atoms with E-state index < -0.39 is 17.7 Å².